The van der Waals surface area contributed by atoms with Crippen LogP contribution in [0.5, 0.6) is 0 Å². The zero-order valence-corrected chi connectivity index (χ0v) is 17.6. The molecular weight excluding hydrogens is 460 g/mol. The van der Waals surface area contributed by atoms with E-state index in [4.69, 9.17) is 9.47 Å². The van der Waals surface area contributed by atoms with Crippen molar-refractivity contribution in [2.24, 2.45) is 0 Å². The van der Waals surface area contributed by atoms with E-state index in [1.807, 2.05) is 0 Å². The monoisotopic (exact) mass is 482 g/mol. The van der Waals surface area contributed by atoms with Crippen molar-refractivity contribution in [2.75, 3.05) is 13.9 Å². The molecule has 1 unspecified atom stereocenters. The van der Waals surface area contributed by atoms with Gasteiger partial charge in [-0.1, -0.05) is 24.3 Å². The van der Waals surface area contributed by atoms with Crippen molar-refractivity contribution in [2.45, 2.75) is 56.0 Å². The Kier molecular flexibility index (Phi) is 7.68. The average molecular weight is 482 g/mol. The fourth-order valence-electron chi connectivity index (χ4n) is 4.07. The van der Waals surface area contributed by atoms with Gasteiger partial charge in [-0.05, 0) is 60.4 Å². The number of methoxy groups -OCH3 is 1. The Morgan fingerprint density at radius 2 is 1.42 bits per heavy atom. The number of hydrogen-bond donors (Lipinski definition) is 0. The smallest absolute Gasteiger partial charge is 0.359 e. The zero-order chi connectivity index (χ0) is 24.4. The summed E-state index contributed by atoms with van der Waals surface area (Å²) in [7, 11) is 1.55. The van der Waals surface area contributed by atoms with Crippen LogP contribution in [0.2, 0.25) is 0 Å². The molecule has 2 nitrogen and oxygen atoms in total. The average Bonchev–Trinajstić information content (AvgIpc) is 2.76. The summed E-state index contributed by atoms with van der Waals surface area (Å²) in [4.78, 5) is 0. The molecule has 0 amide bonds. The summed E-state index contributed by atoms with van der Waals surface area (Å²) < 4.78 is 117. The topological polar surface area (TPSA) is 18.5 Å². The lowest BCUT2D eigenvalue weighted by atomic mass is 9.82. The Morgan fingerprint density at radius 1 is 0.879 bits per heavy atom. The molecule has 0 spiro atoms. The largest absolute Gasteiger partial charge is 0.426 e. The van der Waals surface area contributed by atoms with Gasteiger partial charge in [0.2, 0.25) is 0 Å². The molecule has 1 fully saturated rings. The van der Waals surface area contributed by atoms with Crippen LogP contribution in [-0.2, 0) is 15.4 Å². The van der Waals surface area contributed by atoms with Crippen LogP contribution >= 0.6 is 0 Å². The van der Waals surface area contributed by atoms with Gasteiger partial charge in [0.25, 0.3) is 6.17 Å². The molecule has 1 saturated carbocycles. The molecule has 0 N–H and O–H groups in total. The minimum Gasteiger partial charge on any atom is -0.359 e. The van der Waals surface area contributed by atoms with E-state index in [1.54, 1.807) is 31.4 Å². The number of ether oxygens (including phenoxy) is 2. The third-order valence-electron chi connectivity index (χ3n) is 5.79. The summed E-state index contributed by atoms with van der Waals surface area (Å²) in [6, 6.07) is 7.53. The Balaban J connectivity index is 1.77. The first-order valence-electron chi connectivity index (χ1n) is 10.2. The molecule has 33 heavy (non-hydrogen) atoms. The third kappa shape index (κ3) is 5.66. The summed E-state index contributed by atoms with van der Waals surface area (Å²) in [5.74, 6) is -9.08. The highest BCUT2D eigenvalue weighted by atomic mass is 19.4. The lowest BCUT2D eigenvalue weighted by Gasteiger charge is -2.28. The van der Waals surface area contributed by atoms with Gasteiger partial charge in [-0.15, -0.1) is 0 Å². The van der Waals surface area contributed by atoms with E-state index in [0.29, 0.717) is 12.1 Å². The molecule has 2 aromatic rings. The highest BCUT2D eigenvalue weighted by Gasteiger charge is 2.59. The molecule has 0 bridgehead atoms. The summed E-state index contributed by atoms with van der Waals surface area (Å²) in [6.07, 6.45) is -7.19. The van der Waals surface area contributed by atoms with Crippen LogP contribution in [0.4, 0.5) is 35.1 Å². The number of hydrogen-bond acceptors (Lipinski definition) is 2. The normalized spacial score (nSPS) is 20.6. The maximum atomic E-state index is 14.3. The number of benzene rings is 2. The van der Waals surface area contributed by atoms with Gasteiger partial charge in [-0.25, -0.2) is 13.2 Å². The molecular formula is C23H22F8O2. The maximum Gasteiger partial charge on any atom is 0.426 e. The molecule has 0 aromatic heterocycles. The van der Waals surface area contributed by atoms with Crippen LogP contribution in [0, 0.1) is 11.6 Å². The molecule has 182 valence electrons. The Hall–Kier alpha value is -2.20. The zero-order valence-electron chi connectivity index (χ0n) is 17.6. The van der Waals surface area contributed by atoms with Crippen LogP contribution in [0.3, 0.4) is 0 Å². The summed E-state index contributed by atoms with van der Waals surface area (Å²) >= 11 is 0. The van der Waals surface area contributed by atoms with Crippen LogP contribution in [-0.4, -0.2) is 32.4 Å². The fraction of sp³-hybridized carbons (Fsp3) is 0.478. The molecule has 10 heteroatoms. The molecule has 1 aliphatic rings. The number of rotatable bonds is 7. The first-order chi connectivity index (χ1) is 15.4. The molecule has 1 atom stereocenters. The van der Waals surface area contributed by atoms with Crippen molar-refractivity contribution in [3.05, 3.63) is 59.2 Å². The number of alkyl halides is 6. The van der Waals surface area contributed by atoms with Gasteiger partial charge in [0.05, 0.1) is 11.7 Å². The predicted octanol–water partition coefficient (Wildman–Crippen LogP) is 7.27. The van der Waals surface area contributed by atoms with Gasteiger partial charge in [0, 0.05) is 7.11 Å². The van der Waals surface area contributed by atoms with E-state index in [-0.39, 0.29) is 29.9 Å². The lowest BCUT2D eigenvalue weighted by Crippen LogP contribution is -2.40. The van der Waals surface area contributed by atoms with Crippen molar-refractivity contribution < 1.29 is 44.6 Å². The summed E-state index contributed by atoms with van der Waals surface area (Å²) in [6.45, 7) is 0.226. The third-order valence-corrected chi connectivity index (χ3v) is 5.79. The Bertz CT molecular complexity index is 911. The summed E-state index contributed by atoms with van der Waals surface area (Å²) in [5.41, 5.74) is -1.15. The quantitative estimate of drug-likeness (QED) is 0.305. The Morgan fingerprint density at radius 3 is 1.91 bits per heavy atom. The molecule has 2 aromatic carbocycles. The molecule has 0 aliphatic heterocycles. The van der Waals surface area contributed by atoms with Crippen molar-refractivity contribution in [3.8, 4) is 11.1 Å². The minimum absolute atomic E-state index is 0.115. The molecule has 0 heterocycles. The lowest BCUT2D eigenvalue weighted by molar-refractivity contribution is -0.249. The van der Waals surface area contributed by atoms with E-state index >= 15 is 0 Å². The fourth-order valence-corrected chi connectivity index (χ4v) is 4.07. The van der Waals surface area contributed by atoms with E-state index in [0.717, 1.165) is 31.2 Å². The van der Waals surface area contributed by atoms with E-state index in [9.17, 15) is 35.1 Å². The van der Waals surface area contributed by atoms with Crippen molar-refractivity contribution >= 4 is 0 Å². The highest BCUT2D eigenvalue weighted by molar-refractivity contribution is 5.64. The predicted molar refractivity (Wildman–Crippen MR) is 105 cm³/mol. The van der Waals surface area contributed by atoms with Crippen molar-refractivity contribution in [1.82, 2.24) is 0 Å². The first-order valence-corrected chi connectivity index (χ1v) is 10.2. The molecule has 1 aliphatic carbocycles. The Labute approximate surface area is 185 Å². The molecule has 0 radical (unpaired) electrons. The van der Waals surface area contributed by atoms with Gasteiger partial charge >= 0.3 is 12.1 Å². The van der Waals surface area contributed by atoms with Crippen LogP contribution in [0.25, 0.3) is 11.1 Å². The van der Waals surface area contributed by atoms with Crippen LogP contribution in [0.1, 0.15) is 42.7 Å². The highest BCUT2D eigenvalue weighted by Crippen LogP contribution is 2.44. The standard InChI is InChI=1S/C23H22F8O2/c1-32-12-33-17-8-6-14(7-9-17)13-2-4-15(5-3-13)16-10-18(24)20(19(25)11-16)22(27,28)21(26)23(29,30)31/h2-5,10-11,14,17,21H,6-9,12H2,1H3. The van der Waals surface area contributed by atoms with Crippen molar-refractivity contribution in [1.29, 1.82) is 0 Å². The molecule has 3 rings (SSSR count). The van der Waals surface area contributed by atoms with Gasteiger partial charge in [-0.2, -0.15) is 22.0 Å². The van der Waals surface area contributed by atoms with Gasteiger partial charge in [0.1, 0.15) is 18.4 Å². The van der Waals surface area contributed by atoms with Crippen molar-refractivity contribution in [3.63, 3.8) is 0 Å². The second kappa shape index (κ2) is 9.97. The van der Waals surface area contributed by atoms with Crippen LogP contribution in [0.15, 0.2) is 36.4 Å². The SMILES string of the molecule is COCOC1CCC(c2ccc(-c3cc(F)c(C(F)(F)C(F)C(F)(F)F)c(F)c3)cc2)CC1. The van der Waals surface area contributed by atoms with Gasteiger partial charge in [-0.3, -0.25) is 0 Å². The van der Waals surface area contributed by atoms with E-state index in [1.165, 1.54) is 0 Å². The minimum atomic E-state index is -5.98. The van der Waals surface area contributed by atoms with Gasteiger partial charge < -0.3 is 9.47 Å². The van der Waals surface area contributed by atoms with E-state index in [2.05, 4.69) is 0 Å². The second-order valence-corrected chi connectivity index (χ2v) is 8.01. The maximum absolute atomic E-state index is 14.3. The molecule has 0 saturated heterocycles. The number of halogens is 8. The van der Waals surface area contributed by atoms with Crippen LogP contribution < -0.4 is 0 Å². The van der Waals surface area contributed by atoms with Gasteiger partial charge in [0.15, 0.2) is 0 Å². The summed E-state index contributed by atoms with van der Waals surface area (Å²) in [5, 5.41) is 0. The van der Waals surface area contributed by atoms with E-state index < -0.39 is 35.5 Å². The second-order valence-electron chi connectivity index (χ2n) is 8.01. The first kappa shape index (κ1) is 25.4.